The van der Waals surface area contributed by atoms with E-state index in [9.17, 15) is 9.59 Å². The van der Waals surface area contributed by atoms with Crippen LogP contribution in [0, 0.1) is 0 Å². The van der Waals surface area contributed by atoms with Crippen LogP contribution in [-0.2, 0) is 4.74 Å². The number of benzene rings is 2. The lowest BCUT2D eigenvalue weighted by Crippen LogP contribution is -2.16. The van der Waals surface area contributed by atoms with E-state index in [1.165, 1.54) is 11.8 Å². The maximum absolute atomic E-state index is 12.6. The van der Waals surface area contributed by atoms with Crippen molar-refractivity contribution in [2.45, 2.75) is 11.8 Å². The number of hydrogen-bond donors (Lipinski definition) is 1. The molecular weight excluding hydrogens is 322 g/mol. The van der Waals surface area contributed by atoms with Crippen LogP contribution in [0.1, 0.15) is 27.6 Å². The van der Waals surface area contributed by atoms with Crippen molar-refractivity contribution in [2.75, 3.05) is 17.7 Å². The molecule has 0 radical (unpaired) electrons. The standard InChI is InChI=1S/C19H19NO3S/c1-3-13-24-17-12-8-6-10-15(17)18(21)20-16-11-7-5-9-14(16)19(22)23-4-2/h3,5-12H,1,4,13H2,2H3,(H,20,21). The molecule has 0 unspecified atom stereocenters. The van der Waals surface area contributed by atoms with Gasteiger partial charge >= 0.3 is 5.97 Å². The minimum atomic E-state index is -0.456. The zero-order chi connectivity index (χ0) is 17.4. The highest BCUT2D eigenvalue weighted by Crippen LogP contribution is 2.24. The first-order valence-corrected chi connectivity index (χ1v) is 8.56. The number of anilines is 1. The van der Waals surface area contributed by atoms with E-state index in [0.717, 1.165) is 4.90 Å². The van der Waals surface area contributed by atoms with Gasteiger partial charge in [-0.15, -0.1) is 18.3 Å². The van der Waals surface area contributed by atoms with Gasteiger partial charge in [-0.2, -0.15) is 0 Å². The molecule has 0 bridgehead atoms. The number of hydrogen-bond acceptors (Lipinski definition) is 4. The largest absolute Gasteiger partial charge is 0.462 e. The smallest absolute Gasteiger partial charge is 0.340 e. The van der Waals surface area contributed by atoms with Crippen molar-refractivity contribution in [3.63, 3.8) is 0 Å². The molecule has 4 nitrogen and oxygen atoms in total. The number of nitrogens with one attached hydrogen (secondary N) is 1. The summed E-state index contributed by atoms with van der Waals surface area (Å²) in [5, 5.41) is 2.80. The van der Waals surface area contributed by atoms with Crippen molar-refractivity contribution in [2.24, 2.45) is 0 Å². The van der Waals surface area contributed by atoms with E-state index < -0.39 is 5.97 Å². The van der Waals surface area contributed by atoms with Crippen molar-refractivity contribution in [3.05, 3.63) is 72.3 Å². The molecule has 24 heavy (non-hydrogen) atoms. The second-order valence-electron chi connectivity index (χ2n) is 4.82. The van der Waals surface area contributed by atoms with Crippen molar-refractivity contribution < 1.29 is 14.3 Å². The lowest BCUT2D eigenvalue weighted by molar-refractivity contribution is 0.0527. The first-order chi connectivity index (χ1) is 11.7. The summed E-state index contributed by atoms with van der Waals surface area (Å²) in [7, 11) is 0. The predicted molar refractivity (Wildman–Crippen MR) is 97.7 cm³/mol. The Kier molecular flexibility index (Phi) is 6.63. The Balaban J connectivity index is 2.25. The number of rotatable bonds is 7. The van der Waals surface area contributed by atoms with Crippen LogP contribution in [0.15, 0.2) is 66.1 Å². The van der Waals surface area contributed by atoms with Gasteiger partial charge in [0.15, 0.2) is 0 Å². The fourth-order valence-electron chi connectivity index (χ4n) is 2.10. The predicted octanol–water partition coefficient (Wildman–Crippen LogP) is 4.39. The van der Waals surface area contributed by atoms with Gasteiger partial charge in [-0.25, -0.2) is 4.79 Å². The van der Waals surface area contributed by atoms with E-state index in [4.69, 9.17) is 4.74 Å². The summed E-state index contributed by atoms with van der Waals surface area (Å²) in [5.41, 5.74) is 1.33. The summed E-state index contributed by atoms with van der Waals surface area (Å²) in [6, 6.07) is 14.1. The topological polar surface area (TPSA) is 55.4 Å². The number of amides is 1. The summed E-state index contributed by atoms with van der Waals surface area (Å²) < 4.78 is 5.03. The number of carbonyl (C=O) groups is 2. The second kappa shape index (κ2) is 8.93. The molecule has 0 saturated carbocycles. The van der Waals surface area contributed by atoms with Crippen LogP contribution in [0.3, 0.4) is 0 Å². The van der Waals surface area contributed by atoms with Crippen LogP contribution in [-0.4, -0.2) is 24.2 Å². The summed E-state index contributed by atoms with van der Waals surface area (Å²) in [4.78, 5) is 25.5. The van der Waals surface area contributed by atoms with E-state index >= 15 is 0 Å². The summed E-state index contributed by atoms with van der Waals surface area (Å²) in [5.74, 6) is -0.00870. The summed E-state index contributed by atoms with van der Waals surface area (Å²) >= 11 is 1.53. The molecule has 2 aromatic carbocycles. The number of ether oxygens (including phenoxy) is 1. The Morgan fingerprint density at radius 1 is 1.12 bits per heavy atom. The summed E-state index contributed by atoms with van der Waals surface area (Å²) in [6.07, 6.45) is 1.79. The highest BCUT2D eigenvalue weighted by Gasteiger charge is 2.16. The molecule has 0 fully saturated rings. The van der Waals surface area contributed by atoms with Gasteiger partial charge < -0.3 is 10.1 Å². The minimum absolute atomic E-state index is 0.265. The molecule has 1 N–H and O–H groups in total. The average molecular weight is 341 g/mol. The van der Waals surface area contributed by atoms with E-state index in [0.29, 0.717) is 22.6 Å². The Labute approximate surface area is 145 Å². The van der Waals surface area contributed by atoms with Gasteiger partial charge in [0.25, 0.3) is 5.91 Å². The molecule has 1 amide bonds. The average Bonchev–Trinajstić information content (AvgIpc) is 2.60. The molecule has 2 rings (SSSR count). The maximum Gasteiger partial charge on any atom is 0.340 e. The molecule has 0 spiro atoms. The molecular formula is C19H19NO3S. The van der Waals surface area contributed by atoms with Crippen LogP contribution in [0.2, 0.25) is 0 Å². The van der Waals surface area contributed by atoms with Gasteiger partial charge in [0.2, 0.25) is 0 Å². The fourth-order valence-corrected chi connectivity index (χ4v) is 2.89. The fraction of sp³-hybridized carbons (Fsp3) is 0.158. The molecule has 2 aromatic rings. The van der Waals surface area contributed by atoms with Crippen LogP contribution in [0.25, 0.3) is 0 Å². The molecule has 0 aliphatic carbocycles. The first kappa shape index (κ1) is 17.8. The van der Waals surface area contributed by atoms with E-state index in [1.807, 2.05) is 18.2 Å². The zero-order valence-corrected chi connectivity index (χ0v) is 14.3. The SMILES string of the molecule is C=CCSc1ccccc1C(=O)Nc1ccccc1C(=O)OCC. The maximum atomic E-state index is 12.6. The van der Waals surface area contributed by atoms with Crippen LogP contribution >= 0.6 is 11.8 Å². The molecule has 0 heterocycles. The number of para-hydroxylation sites is 1. The van der Waals surface area contributed by atoms with Gasteiger partial charge in [-0.1, -0.05) is 30.3 Å². The van der Waals surface area contributed by atoms with E-state index in [1.54, 1.807) is 43.3 Å². The lowest BCUT2D eigenvalue weighted by atomic mass is 10.1. The van der Waals surface area contributed by atoms with Crippen molar-refractivity contribution in [1.82, 2.24) is 0 Å². The van der Waals surface area contributed by atoms with Gasteiger partial charge in [-0.3, -0.25) is 4.79 Å². The van der Waals surface area contributed by atoms with E-state index in [-0.39, 0.29) is 12.5 Å². The van der Waals surface area contributed by atoms with Crippen LogP contribution in [0.4, 0.5) is 5.69 Å². The third-order valence-corrected chi connectivity index (χ3v) is 4.23. The summed E-state index contributed by atoms with van der Waals surface area (Å²) in [6.45, 7) is 5.72. The van der Waals surface area contributed by atoms with Gasteiger partial charge in [0.1, 0.15) is 0 Å². The number of thioether (sulfide) groups is 1. The van der Waals surface area contributed by atoms with Gasteiger partial charge in [0, 0.05) is 10.6 Å². The van der Waals surface area contributed by atoms with Crippen molar-refractivity contribution >= 4 is 29.3 Å². The molecule has 0 saturated heterocycles. The van der Waals surface area contributed by atoms with Gasteiger partial charge in [-0.05, 0) is 31.2 Å². The molecule has 0 aliphatic rings. The molecule has 0 aliphatic heterocycles. The Hall–Kier alpha value is -2.53. The number of carbonyl (C=O) groups excluding carboxylic acids is 2. The Morgan fingerprint density at radius 3 is 2.50 bits per heavy atom. The van der Waals surface area contributed by atoms with Crippen LogP contribution < -0.4 is 5.32 Å². The van der Waals surface area contributed by atoms with Crippen molar-refractivity contribution in [3.8, 4) is 0 Å². The Bertz CT molecular complexity index is 743. The monoisotopic (exact) mass is 341 g/mol. The van der Waals surface area contributed by atoms with E-state index in [2.05, 4.69) is 11.9 Å². The second-order valence-corrected chi connectivity index (χ2v) is 5.88. The van der Waals surface area contributed by atoms with Crippen LogP contribution in [0.5, 0.6) is 0 Å². The molecule has 0 aromatic heterocycles. The normalized spacial score (nSPS) is 10.0. The van der Waals surface area contributed by atoms with Crippen molar-refractivity contribution in [1.29, 1.82) is 0 Å². The third kappa shape index (κ3) is 4.49. The highest BCUT2D eigenvalue weighted by atomic mass is 32.2. The highest BCUT2D eigenvalue weighted by molar-refractivity contribution is 7.99. The van der Waals surface area contributed by atoms with Gasteiger partial charge in [0.05, 0.1) is 23.4 Å². The molecule has 5 heteroatoms. The quantitative estimate of drug-likeness (QED) is 0.461. The molecule has 124 valence electrons. The third-order valence-electron chi connectivity index (χ3n) is 3.16. The molecule has 0 atom stereocenters. The lowest BCUT2D eigenvalue weighted by Gasteiger charge is -2.12. The minimum Gasteiger partial charge on any atom is -0.462 e. The number of esters is 1. The first-order valence-electron chi connectivity index (χ1n) is 7.57. The Morgan fingerprint density at radius 2 is 1.79 bits per heavy atom. The zero-order valence-electron chi connectivity index (χ0n) is 13.5.